The molecule has 3 unspecified atom stereocenters. The number of methoxy groups -OCH3 is 1. The molecule has 0 aromatic carbocycles. The van der Waals surface area contributed by atoms with E-state index in [-0.39, 0.29) is 0 Å². The zero-order valence-corrected chi connectivity index (χ0v) is 11.7. The van der Waals surface area contributed by atoms with Crippen LogP contribution in [0.2, 0.25) is 0 Å². The Hall–Kier alpha value is -0.120. The molecule has 1 N–H and O–H groups in total. The SMILES string of the molecule is COCCN(CC1CC2CCCCC2N1)C1CC1. The second kappa shape index (κ2) is 5.89. The second-order valence-corrected chi connectivity index (χ2v) is 6.47. The second-order valence-electron chi connectivity index (χ2n) is 6.47. The van der Waals surface area contributed by atoms with E-state index in [0.29, 0.717) is 0 Å². The molecule has 0 amide bonds. The van der Waals surface area contributed by atoms with E-state index in [9.17, 15) is 0 Å². The van der Waals surface area contributed by atoms with Crippen molar-refractivity contribution in [2.75, 3.05) is 26.8 Å². The highest BCUT2D eigenvalue weighted by molar-refractivity contribution is 4.96. The first-order valence-corrected chi connectivity index (χ1v) is 7.86. The summed E-state index contributed by atoms with van der Waals surface area (Å²) in [6, 6.07) is 2.45. The van der Waals surface area contributed by atoms with Gasteiger partial charge in [-0.1, -0.05) is 12.8 Å². The van der Waals surface area contributed by atoms with Crippen LogP contribution in [0.1, 0.15) is 44.9 Å². The molecule has 2 saturated carbocycles. The Morgan fingerprint density at radius 3 is 2.72 bits per heavy atom. The third-order valence-electron chi connectivity index (χ3n) is 5.05. The number of nitrogens with one attached hydrogen (secondary N) is 1. The molecule has 1 aliphatic heterocycles. The first-order valence-electron chi connectivity index (χ1n) is 7.86. The van der Waals surface area contributed by atoms with E-state index in [1.54, 1.807) is 0 Å². The molecular weight excluding hydrogens is 224 g/mol. The van der Waals surface area contributed by atoms with Crippen molar-refractivity contribution in [1.82, 2.24) is 10.2 Å². The molecule has 18 heavy (non-hydrogen) atoms. The van der Waals surface area contributed by atoms with Crippen molar-refractivity contribution in [3.05, 3.63) is 0 Å². The molecule has 0 radical (unpaired) electrons. The maximum absolute atomic E-state index is 5.25. The Morgan fingerprint density at radius 1 is 1.17 bits per heavy atom. The first kappa shape index (κ1) is 12.9. The number of fused-ring (bicyclic) bond motifs is 1. The summed E-state index contributed by atoms with van der Waals surface area (Å²) in [4.78, 5) is 2.67. The molecule has 2 aliphatic carbocycles. The zero-order chi connectivity index (χ0) is 12.4. The summed E-state index contributed by atoms with van der Waals surface area (Å²) in [5, 5.41) is 3.90. The molecule has 0 spiro atoms. The third kappa shape index (κ3) is 3.06. The van der Waals surface area contributed by atoms with Gasteiger partial charge in [0.15, 0.2) is 0 Å². The van der Waals surface area contributed by atoms with Crippen LogP contribution in [-0.2, 0) is 4.74 Å². The van der Waals surface area contributed by atoms with Crippen LogP contribution < -0.4 is 5.32 Å². The zero-order valence-electron chi connectivity index (χ0n) is 11.7. The Morgan fingerprint density at radius 2 is 2.00 bits per heavy atom. The van der Waals surface area contributed by atoms with Crippen LogP contribution in [0.5, 0.6) is 0 Å². The highest BCUT2D eigenvalue weighted by Crippen LogP contribution is 2.34. The number of rotatable bonds is 6. The lowest BCUT2D eigenvalue weighted by molar-refractivity contribution is 0.137. The molecule has 104 valence electrons. The van der Waals surface area contributed by atoms with Gasteiger partial charge in [0, 0.05) is 38.3 Å². The van der Waals surface area contributed by atoms with Gasteiger partial charge in [0.25, 0.3) is 0 Å². The Bertz CT molecular complexity index is 253. The van der Waals surface area contributed by atoms with Gasteiger partial charge in [0.05, 0.1) is 6.61 Å². The van der Waals surface area contributed by atoms with Gasteiger partial charge in [0.2, 0.25) is 0 Å². The molecule has 3 nitrogen and oxygen atoms in total. The number of ether oxygens (including phenoxy) is 1. The van der Waals surface area contributed by atoms with Crippen molar-refractivity contribution in [1.29, 1.82) is 0 Å². The van der Waals surface area contributed by atoms with Crippen LogP contribution in [-0.4, -0.2) is 49.8 Å². The summed E-state index contributed by atoms with van der Waals surface area (Å²) >= 11 is 0. The van der Waals surface area contributed by atoms with E-state index >= 15 is 0 Å². The summed E-state index contributed by atoms with van der Waals surface area (Å²) < 4.78 is 5.25. The van der Waals surface area contributed by atoms with Gasteiger partial charge >= 0.3 is 0 Å². The van der Waals surface area contributed by atoms with Crippen molar-refractivity contribution in [2.24, 2.45) is 5.92 Å². The molecule has 0 bridgehead atoms. The summed E-state index contributed by atoms with van der Waals surface area (Å²) in [5.74, 6) is 0.979. The van der Waals surface area contributed by atoms with Crippen LogP contribution >= 0.6 is 0 Å². The monoisotopic (exact) mass is 252 g/mol. The highest BCUT2D eigenvalue weighted by Gasteiger charge is 2.37. The molecule has 3 aliphatic rings. The molecular formula is C15H28N2O. The summed E-state index contributed by atoms with van der Waals surface area (Å²) in [6.45, 7) is 3.26. The van der Waals surface area contributed by atoms with Crippen LogP contribution in [0.15, 0.2) is 0 Å². The number of hydrogen-bond acceptors (Lipinski definition) is 3. The maximum Gasteiger partial charge on any atom is 0.0589 e. The van der Waals surface area contributed by atoms with Crippen LogP contribution in [0, 0.1) is 5.92 Å². The smallest absolute Gasteiger partial charge is 0.0589 e. The van der Waals surface area contributed by atoms with Crippen LogP contribution in [0.3, 0.4) is 0 Å². The Balaban J connectivity index is 1.49. The quantitative estimate of drug-likeness (QED) is 0.783. The number of nitrogens with zero attached hydrogens (tertiary/aromatic N) is 1. The number of hydrogen-bond donors (Lipinski definition) is 1. The Labute approximate surface area is 111 Å². The van der Waals surface area contributed by atoms with E-state index in [2.05, 4.69) is 10.2 Å². The predicted molar refractivity (Wildman–Crippen MR) is 73.8 cm³/mol. The molecule has 0 aromatic rings. The maximum atomic E-state index is 5.25. The lowest BCUT2D eigenvalue weighted by atomic mass is 9.85. The molecule has 0 aromatic heterocycles. The molecule has 3 atom stereocenters. The molecule has 3 rings (SSSR count). The lowest BCUT2D eigenvalue weighted by Gasteiger charge is -2.26. The van der Waals surface area contributed by atoms with Crippen LogP contribution in [0.4, 0.5) is 0 Å². The van der Waals surface area contributed by atoms with Crippen molar-refractivity contribution in [2.45, 2.75) is 63.1 Å². The van der Waals surface area contributed by atoms with Gasteiger partial charge in [-0.15, -0.1) is 0 Å². The molecule has 3 fully saturated rings. The van der Waals surface area contributed by atoms with Crippen molar-refractivity contribution < 1.29 is 4.74 Å². The lowest BCUT2D eigenvalue weighted by Crippen LogP contribution is -2.42. The van der Waals surface area contributed by atoms with E-state index in [1.807, 2.05) is 7.11 Å². The molecule has 1 saturated heterocycles. The van der Waals surface area contributed by atoms with Gasteiger partial charge in [-0.25, -0.2) is 0 Å². The summed E-state index contributed by atoms with van der Waals surface area (Å²) in [6.07, 6.45) is 10.0. The summed E-state index contributed by atoms with van der Waals surface area (Å²) in [7, 11) is 1.81. The topological polar surface area (TPSA) is 24.5 Å². The van der Waals surface area contributed by atoms with Crippen LogP contribution in [0.25, 0.3) is 0 Å². The fraction of sp³-hybridized carbons (Fsp3) is 1.00. The van der Waals surface area contributed by atoms with Gasteiger partial charge in [0.1, 0.15) is 0 Å². The van der Waals surface area contributed by atoms with Gasteiger partial charge in [-0.2, -0.15) is 0 Å². The average Bonchev–Trinajstić information content (AvgIpc) is 3.14. The fourth-order valence-corrected chi connectivity index (χ4v) is 3.93. The largest absolute Gasteiger partial charge is 0.383 e. The van der Waals surface area contributed by atoms with E-state index in [4.69, 9.17) is 4.74 Å². The Kier molecular flexibility index (Phi) is 4.22. The van der Waals surface area contributed by atoms with E-state index in [0.717, 1.165) is 37.2 Å². The van der Waals surface area contributed by atoms with E-state index in [1.165, 1.54) is 51.5 Å². The van der Waals surface area contributed by atoms with Crippen molar-refractivity contribution in [3.8, 4) is 0 Å². The average molecular weight is 252 g/mol. The van der Waals surface area contributed by atoms with E-state index < -0.39 is 0 Å². The normalized spacial score (nSPS) is 36.0. The molecule has 3 heteroatoms. The standard InChI is InChI=1S/C15H28N2O/c1-18-9-8-17(14-6-7-14)11-13-10-12-4-2-3-5-15(12)16-13/h12-16H,2-11H2,1H3. The van der Waals surface area contributed by atoms with Crippen molar-refractivity contribution in [3.63, 3.8) is 0 Å². The van der Waals surface area contributed by atoms with Gasteiger partial charge in [-0.3, -0.25) is 4.90 Å². The van der Waals surface area contributed by atoms with Gasteiger partial charge in [-0.05, 0) is 38.0 Å². The van der Waals surface area contributed by atoms with Crippen molar-refractivity contribution >= 4 is 0 Å². The minimum absolute atomic E-state index is 0.746. The highest BCUT2D eigenvalue weighted by atomic mass is 16.5. The third-order valence-corrected chi connectivity index (χ3v) is 5.05. The minimum atomic E-state index is 0.746. The minimum Gasteiger partial charge on any atom is -0.383 e. The summed E-state index contributed by atoms with van der Waals surface area (Å²) in [5.41, 5.74) is 0. The first-order chi connectivity index (χ1) is 8.86. The predicted octanol–water partition coefficient (Wildman–Crippen LogP) is 2.02. The molecule has 1 heterocycles. The van der Waals surface area contributed by atoms with Gasteiger partial charge < -0.3 is 10.1 Å². The fourth-order valence-electron chi connectivity index (χ4n) is 3.93.